The van der Waals surface area contributed by atoms with Gasteiger partial charge in [0.15, 0.2) is 5.82 Å². The van der Waals surface area contributed by atoms with Gasteiger partial charge in [0, 0.05) is 31.3 Å². The molecular weight excluding hydrogens is 375 g/mol. The van der Waals surface area contributed by atoms with Gasteiger partial charge in [0.05, 0.1) is 17.8 Å². The Bertz CT molecular complexity index is 1080. The average Bonchev–Trinajstić information content (AvgIpc) is 3.24. The summed E-state index contributed by atoms with van der Waals surface area (Å²) in [6.07, 6.45) is 2.87. The van der Waals surface area contributed by atoms with E-state index in [9.17, 15) is 14.0 Å². The first-order valence-electron chi connectivity index (χ1n) is 9.45. The summed E-state index contributed by atoms with van der Waals surface area (Å²) in [7, 11) is 0. The van der Waals surface area contributed by atoms with Crippen LogP contribution in [0.5, 0.6) is 0 Å². The minimum Gasteiger partial charge on any atom is -0.339 e. The third-order valence-corrected chi connectivity index (χ3v) is 5.16. The van der Waals surface area contributed by atoms with Crippen molar-refractivity contribution in [2.24, 2.45) is 5.73 Å². The van der Waals surface area contributed by atoms with Crippen LogP contribution in [0.15, 0.2) is 47.4 Å². The topological polar surface area (TPSA) is 110 Å². The van der Waals surface area contributed by atoms with E-state index in [1.165, 1.54) is 30.5 Å². The van der Waals surface area contributed by atoms with Gasteiger partial charge >= 0.3 is 0 Å². The Morgan fingerprint density at radius 3 is 2.66 bits per heavy atom. The highest BCUT2D eigenvalue weighted by Crippen LogP contribution is 2.26. The van der Waals surface area contributed by atoms with Crippen LogP contribution in [0.25, 0.3) is 5.69 Å². The molecule has 0 aliphatic carbocycles. The molecule has 29 heavy (non-hydrogen) atoms. The first-order valence-corrected chi connectivity index (χ1v) is 9.45. The number of H-pyrrole nitrogens is 1. The van der Waals surface area contributed by atoms with Crippen molar-refractivity contribution in [3.63, 3.8) is 0 Å². The molecule has 1 saturated heterocycles. The van der Waals surface area contributed by atoms with Gasteiger partial charge in [-0.15, -0.1) is 0 Å². The summed E-state index contributed by atoms with van der Waals surface area (Å²) in [6, 6.07) is 8.74. The Kier molecular flexibility index (Phi) is 5.22. The second-order valence-electron chi connectivity index (χ2n) is 6.99. The van der Waals surface area contributed by atoms with Crippen molar-refractivity contribution >= 4 is 5.91 Å². The lowest BCUT2D eigenvalue weighted by molar-refractivity contribution is 0.0710. The number of aromatic nitrogens is 4. The van der Waals surface area contributed by atoms with Crippen molar-refractivity contribution in [2.75, 3.05) is 13.1 Å². The summed E-state index contributed by atoms with van der Waals surface area (Å²) in [5.74, 6) is 0.831. The molecule has 0 atom stereocenters. The van der Waals surface area contributed by atoms with E-state index in [0.717, 1.165) is 23.2 Å². The number of halogens is 1. The number of carbonyl (C=O) groups excluding carboxylic acids is 1. The summed E-state index contributed by atoms with van der Waals surface area (Å²) in [5, 5.41) is 7.02. The molecule has 9 heteroatoms. The smallest absolute Gasteiger partial charge is 0.255 e. The predicted octanol–water partition coefficient (Wildman–Crippen LogP) is 1.57. The lowest BCUT2D eigenvalue weighted by atomic mass is 9.96. The lowest BCUT2D eigenvalue weighted by Crippen LogP contribution is -2.38. The fraction of sp³-hybridized carbons (Fsp3) is 0.300. The molecule has 1 fully saturated rings. The van der Waals surface area contributed by atoms with Gasteiger partial charge in [-0.3, -0.25) is 19.3 Å². The Morgan fingerprint density at radius 1 is 1.21 bits per heavy atom. The van der Waals surface area contributed by atoms with Crippen LogP contribution >= 0.6 is 0 Å². The van der Waals surface area contributed by atoms with E-state index < -0.39 is 11.4 Å². The van der Waals surface area contributed by atoms with Crippen molar-refractivity contribution in [2.45, 2.75) is 25.3 Å². The molecule has 0 spiro atoms. The Hall–Kier alpha value is -3.33. The number of rotatable bonds is 4. The standard InChI is InChI=1S/C20H21FN6O2/c21-15-3-1-2-4-16(15)27-12-14(5-6-18(27)28)20(29)26-9-7-13(8-10-26)19-23-17(11-22)24-25-19/h1-6,12-13H,7-11,22H2,(H,23,24,25). The molecule has 1 aromatic carbocycles. The van der Waals surface area contributed by atoms with Crippen LogP contribution in [0.2, 0.25) is 0 Å². The molecular formula is C20H21FN6O2. The van der Waals surface area contributed by atoms with Gasteiger partial charge in [-0.1, -0.05) is 12.1 Å². The Morgan fingerprint density at radius 2 is 1.97 bits per heavy atom. The highest BCUT2D eigenvalue weighted by Gasteiger charge is 2.27. The van der Waals surface area contributed by atoms with Gasteiger partial charge in [0.2, 0.25) is 0 Å². The number of benzene rings is 1. The molecule has 3 heterocycles. The van der Waals surface area contributed by atoms with Gasteiger partial charge in [-0.05, 0) is 31.0 Å². The maximum atomic E-state index is 14.1. The molecule has 8 nitrogen and oxygen atoms in total. The second-order valence-corrected chi connectivity index (χ2v) is 6.99. The van der Waals surface area contributed by atoms with Gasteiger partial charge in [-0.25, -0.2) is 9.37 Å². The van der Waals surface area contributed by atoms with Crippen molar-refractivity contribution in [3.8, 4) is 5.69 Å². The summed E-state index contributed by atoms with van der Waals surface area (Å²) in [6.45, 7) is 1.41. The van der Waals surface area contributed by atoms with Crippen LogP contribution in [-0.4, -0.2) is 43.6 Å². The second kappa shape index (κ2) is 7.96. The number of carbonyl (C=O) groups is 1. The third kappa shape index (κ3) is 3.81. The summed E-state index contributed by atoms with van der Waals surface area (Å²) in [4.78, 5) is 31.2. The zero-order chi connectivity index (χ0) is 20.4. The third-order valence-electron chi connectivity index (χ3n) is 5.16. The number of amides is 1. The zero-order valence-corrected chi connectivity index (χ0v) is 15.7. The van der Waals surface area contributed by atoms with Crippen molar-refractivity contribution < 1.29 is 9.18 Å². The minimum atomic E-state index is -0.525. The Labute approximate surface area is 166 Å². The van der Waals surface area contributed by atoms with Crippen LogP contribution in [-0.2, 0) is 6.54 Å². The van der Waals surface area contributed by atoms with Crippen LogP contribution in [0.3, 0.4) is 0 Å². The highest BCUT2D eigenvalue weighted by molar-refractivity contribution is 5.94. The van der Waals surface area contributed by atoms with Crippen LogP contribution < -0.4 is 11.3 Å². The van der Waals surface area contributed by atoms with E-state index in [1.54, 1.807) is 17.0 Å². The summed E-state index contributed by atoms with van der Waals surface area (Å²) < 4.78 is 15.3. The monoisotopic (exact) mass is 396 g/mol. The molecule has 0 radical (unpaired) electrons. The van der Waals surface area contributed by atoms with Crippen molar-refractivity contribution in [1.82, 2.24) is 24.6 Å². The molecule has 0 unspecified atom stereocenters. The number of hydrogen-bond acceptors (Lipinski definition) is 5. The molecule has 0 bridgehead atoms. The highest BCUT2D eigenvalue weighted by atomic mass is 19.1. The number of likely N-dealkylation sites (tertiary alicyclic amines) is 1. The van der Waals surface area contributed by atoms with E-state index in [1.807, 2.05) is 0 Å². The average molecular weight is 396 g/mol. The SMILES string of the molecule is NCc1nc(C2CCN(C(=O)c3ccc(=O)n(-c4ccccc4F)c3)CC2)n[nH]1. The number of pyridine rings is 1. The maximum absolute atomic E-state index is 14.1. The molecule has 3 aromatic rings. The lowest BCUT2D eigenvalue weighted by Gasteiger charge is -2.31. The number of aromatic amines is 1. The number of nitrogens with zero attached hydrogens (tertiary/aromatic N) is 4. The molecule has 4 rings (SSSR count). The molecule has 3 N–H and O–H groups in total. The quantitative estimate of drug-likeness (QED) is 0.696. The van der Waals surface area contributed by atoms with Crippen LogP contribution in [0.1, 0.15) is 40.8 Å². The zero-order valence-electron chi connectivity index (χ0n) is 15.7. The molecule has 150 valence electrons. The van der Waals surface area contributed by atoms with Crippen molar-refractivity contribution in [3.05, 3.63) is 76.0 Å². The molecule has 0 saturated carbocycles. The van der Waals surface area contributed by atoms with Crippen LogP contribution in [0, 0.1) is 5.82 Å². The summed E-state index contributed by atoms with van der Waals surface area (Å²) >= 11 is 0. The fourth-order valence-electron chi connectivity index (χ4n) is 3.56. The molecule has 1 aliphatic rings. The van der Waals surface area contributed by atoms with Gasteiger partial charge in [0.25, 0.3) is 11.5 Å². The van der Waals surface area contributed by atoms with Gasteiger partial charge in [0.1, 0.15) is 11.6 Å². The first kappa shape index (κ1) is 19.0. The summed E-state index contributed by atoms with van der Waals surface area (Å²) in [5.41, 5.74) is 5.62. The predicted molar refractivity (Wildman–Crippen MR) is 104 cm³/mol. The normalized spacial score (nSPS) is 14.9. The molecule has 1 aliphatic heterocycles. The largest absolute Gasteiger partial charge is 0.339 e. The maximum Gasteiger partial charge on any atom is 0.255 e. The van der Waals surface area contributed by atoms with E-state index >= 15 is 0 Å². The number of para-hydroxylation sites is 1. The fourth-order valence-corrected chi connectivity index (χ4v) is 3.56. The van der Waals surface area contributed by atoms with Crippen LogP contribution in [0.4, 0.5) is 4.39 Å². The number of hydrogen-bond donors (Lipinski definition) is 2. The van der Waals surface area contributed by atoms with E-state index in [4.69, 9.17) is 5.73 Å². The van der Waals surface area contributed by atoms with E-state index in [-0.39, 0.29) is 17.5 Å². The minimum absolute atomic E-state index is 0.117. The van der Waals surface area contributed by atoms with Gasteiger partial charge < -0.3 is 10.6 Å². The first-order chi connectivity index (χ1) is 14.1. The van der Waals surface area contributed by atoms with E-state index in [2.05, 4.69) is 15.2 Å². The van der Waals surface area contributed by atoms with E-state index in [0.29, 0.717) is 31.0 Å². The molecule has 2 aromatic heterocycles. The number of nitrogens with two attached hydrogens (primary N) is 1. The number of nitrogens with one attached hydrogen (secondary N) is 1. The van der Waals surface area contributed by atoms with Crippen molar-refractivity contribution in [1.29, 1.82) is 0 Å². The Balaban J connectivity index is 1.50. The number of piperidine rings is 1. The molecule has 1 amide bonds. The van der Waals surface area contributed by atoms with Gasteiger partial charge in [-0.2, -0.15) is 5.10 Å².